The number of carbonyl (C=O) groups excluding carboxylic acids is 1. The lowest BCUT2D eigenvalue weighted by Crippen LogP contribution is -2.43. The summed E-state index contributed by atoms with van der Waals surface area (Å²) in [5.41, 5.74) is -1.76. The topological polar surface area (TPSA) is 29.1 Å². The van der Waals surface area contributed by atoms with Gasteiger partial charge in [-0.15, -0.1) is 0 Å². The molecule has 3 heteroatoms. The van der Waals surface area contributed by atoms with Crippen molar-refractivity contribution in [2.45, 2.75) is 38.4 Å². The quantitative estimate of drug-likeness (QED) is 0.628. The molecular formula is C9H14FNO. The van der Waals surface area contributed by atoms with E-state index in [4.69, 9.17) is 0 Å². The van der Waals surface area contributed by atoms with Gasteiger partial charge >= 0.3 is 0 Å². The van der Waals surface area contributed by atoms with Gasteiger partial charge in [-0.05, 0) is 26.7 Å². The van der Waals surface area contributed by atoms with Gasteiger partial charge in [0, 0.05) is 6.04 Å². The van der Waals surface area contributed by atoms with Crippen molar-refractivity contribution in [3.8, 4) is 0 Å². The summed E-state index contributed by atoms with van der Waals surface area (Å²) in [6, 6.07) is 0.104. The Kier molecular flexibility index (Phi) is 2.50. The van der Waals surface area contributed by atoms with Crippen LogP contribution in [0.25, 0.3) is 0 Å². The molecule has 0 fully saturated rings. The molecule has 1 aliphatic carbocycles. The van der Waals surface area contributed by atoms with E-state index >= 15 is 0 Å². The van der Waals surface area contributed by atoms with Crippen LogP contribution in [-0.2, 0) is 4.79 Å². The van der Waals surface area contributed by atoms with Crippen molar-refractivity contribution in [2.75, 3.05) is 0 Å². The molecule has 0 aliphatic heterocycles. The minimum Gasteiger partial charge on any atom is -0.350 e. The van der Waals surface area contributed by atoms with Gasteiger partial charge < -0.3 is 5.32 Å². The van der Waals surface area contributed by atoms with Crippen LogP contribution in [0.15, 0.2) is 12.2 Å². The first-order valence-corrected chi connectivity index (χ1v) is 4.15. The fourth-order valence-electron chi connectivity index (χ4n) is 1.09. The zero-order valence-corrected chi connectivity index (χ0v) is 7.43. The second-order valence-electron chi connectivity index (χ2n) is 3.59. The van der Waals surface area contributed by atoms with Gasteiger partial charge in [-0.25, -0.2) is 4.39 Å². The van der Waals surface area contributed by atoms with Crippen LogP contribution in [0.3, 0.4) is 0 Å². The van der Waals surface area contributed by atoms with E-state index in [2.05, 4.69) is 5.32 Å². The van der Waals surface area contributed by atoms with Crippen molar-refractivity contribution in [2.24, 2.45) is 0 Å². The first-order valence-electron chi connectivity index (χ1n) is 4.15. The van der Waals surface area contributed by atoms with Crippen LogP contribution in [-0.4, -0.2) is 17.6 Å². The molecule has 0 unspecified atom stereocenters. The van der Waals surface area contributed by atoms with Crippen LogP contribution >= 0.6 is 0 Å². The van der Waals surface area contributed by atoms with Gasteiger partial charge in [-0.1, -0.05) is 12.2 Å². The molecule has 0 aromatic heterocycles. The summed E-state index contributed by atoms with van der Waals surface area (Å²) in [5.74, 6) is -0.517. The highest BCUT2D eigenvalue weighted by molar-refractivity contribution is 5.84. The molecule has 1 amide bonds. The number of alkyl halides is 1. The van der Waals surface area contributed by atoms with Crippen molar-refractivity contribution in [3.05, 3.63) is 12.2 Å². The molecular weight excluding hydrogens is 157 g/mol. The van der Waals surface area contributed by atoms with E-state index in [1.165, 1.54) is 13.8 Å². The van der Waals surface area contributed by atoms with Crippen LogP contribution < -0.4 is 5.32 Å². The third-order valence-corrected chi connectivity index (χ3v) is 1.88. The molecule has 12 heavy (non-hydrogen) atoms. The minimum atomic E-state index is -1.76. The molecule has 0 saturated carbocycles. The molecule has 2 nitrogen and oxygen atoms in total. The third kappa shape index (κ3) is 2.32. The first kappa shape index (κ1) is 9.23. The van der Waals surface area contributed by atoms with E-state index in [0.717, 1.165) is 12.8 Å². The summed E-state index contributed by atoms with van der Waals surface area (Å²) in [7, 11) is 0. The van der Waals surface area contributed by atoms with Gasteiger partial charge in [0.1, 0.15) is 0 Å². The summed E-state index contributed by atoms with van der Waals surface area (Å²) < 4.78 is 13.0. The number of nitrogens with one attached hydrogen (secondary N) is 1. The maximum atomic E-state index is 13.0. The van der Waals surface area contributed by atoms with E-state index < -0.39 is 11.6 Å². The van der Waals surface area contributed by atoms with Crippen molar-refractivity contribution < 1.29 is 9.18 Å². The predicted octanol–water partition coefficient (Wildman–Crippen LogP) is 1.57. The van der Waals surface area contributed by atoms with E-state index in [-0.39, 0.29) is 6.04 Å². The minimum absolute atomic E-state index is 0.104. The summed E-state index contributed by atoms with van der Waals surface area (Å²) >= 11 is 0. The Morgan fingerprint density at radius 2 is 2.00 bits per heavy atom. The maximum Gasteiger partial charge on any atom is 0.257 e. The monoisotopic (exact) mass is 171 g/mol. The summed E-state index contributed by atoms with van der Waals surface area (Å²) in [5, 5.41) is 2.64. The lowest BCUT2D eigenvalue weighted by Gasteiger charge is -2.18. The molecule has 0 atom stereocenters. The number of halogens is 1. The average Bonchev–Trinajstić information content (AvgIpc) is 2.37. The molecule has 0 aromatic rings. The van der Waals surface area contributed by atoms with Gasteiger partial charge in [0.15, 0.2) is 5.67 Å². The molecule has 0 aromatic carbocycles. The normalized spacial score (nSPS) is 18.2. The van der Waals surface area contributed by atoms with Crippen LogP contribution in [0.1, 0.15) is 26.7 Å². The maximum absolute atomic E-state index is 13.0. The summed E-state index contributed by atoms with van der Waals surface area (Å²) in [6.45, 7) is 2.54. The smallest absolute Gasteiger partial charge is 0.257 e. The largest absolute Gasteiger partial charge is 0.350 e. The van der Waals surface area contributed by atoms with Gasteiger partial charge in [0.05, 0.1) is 0 Å². The second kappa shape index (κ2) is 3.25. The zero-order valence-electron chi connectivity index (χ0n) is 7.43. The number of hydrogen-bond acceptors (Lipinski definition) is 1. The Bertz CT molecular complexity index is 197. The lowest BCUT2D eigenvalue weighted by atomic mass is 10.1. The molecule has 1 N–H and O–H groups in total. The molecule has 0 bridgehead atoms. The Morgan fingerprint density at radius 3 is 2.42 bits per heavy atom. The Balaban J connectivity index is 2.36. The highest BCUT2D eigenvalue weighted by Gasteiger charge is 2.28. The highest BCUT2D eigenvalue weighted by atomic mass is 19.1. The first-order chi connectivity index (χ1) is 5.50. The molecule has 68 valence electrons. The fourth-order valence-corrected chi connectivity index (χ4v) is 1.09. The Labute approximate surface area is 71.8 Å². The van der Waals surface area contributed by atoms with E-state index in [1.807, 2.05) is 12.2 Å². The molecule has 0 saturated heterocycles. The zero-order chi connectivity index (χ0) is 9.19. The van der Waals surface area contributed by atoms with E-state index in [9.17, 15) is 9.18 Å². The lowest BCUT2D eigenvalue weighted by molar-refractivity contribution is -0.131. The van der Waals surface area contributed by atoms with Crippen molar-refractivity contribution in [1.29, 1.82) is 0 Å². The van der Waals surface area contributed by atoms with Crippen molar-refractivity contribution in [3.63, 3.8) is 0 Å². The Morgan fingerprint density at radius 1 is 1.50 bits per heavy atom. The average molecular weight is 171 g/mol. The summed E-state index contributed by atoms with van der Waals surface area (Å²) in [4.78, 5) is 11.1. The number of amides is 1. The Hall–Kier alpha value is -0.860. The fraction of sp³-hybridized carbons (Fsp3) is 0.667. The van der Waals surface area contributed by atoms with Crippen LogP contribution in [0, 0.1) is 0 Å². The molecule has 0 radical (unpaired) electrons. The van der Waals surface area contributed by atoms with Crippen molar-refractivity contribution >= 4 is 5.91 Å². The molecule has 1 rings (SSSR count). The molecule has 1 aliphatic rings. The standard InChI is InChI=1S/C9H14FNO/c1-9(2,10)8(12)11-7-5-3-4-6-7/h3-4,7H,5-6H2,1-2H3,(H,11,12). The summed E-state index contributed by atoms with van der Waals surface area (Å²) in [6.07, 6.45) is 5.63. The van der Waals surface area contributed by atoms with Gasteiger partial charge in [-0.3, -0.25) is 4.79 Å². The molecule has 0 heterocycles. The number of rotatable bonds is 2. The highest BCUT2D eigenvalue weighted by Crippen LogP contribution is 2.13. The molecule has 0 spiro atoms. The van der Waals surface area contributed by atoms with Crippen LogP contribution in [0.2, 0.25) is 0 Å². The van der Waals surface area contributed by atoms with Gasteiger partial charge in [0.25, 0.3) is 5.91 Å². The van der Waals surface area contributed by atoms with Gasteiger partial charge in [-0.2, -0.15) is 0 Å². The second-order valence-corrected chi connectivity index (χ2v) is 3.59. The third-order valence-electron chi connectivity index (χ3n) is 1.88. The van der Waals surface area contributed by atoms with Crippen molar-refractivity contribution in [1.82, 2.24) is 5.32 Å². The van der Waals surface area contributed by atoms with Crippen LogP contribution in [0.4, 0.5) is 4.39 Å². The predicted molar refractivity (Wildman–Crippen MR) is 45.5 cm³/mol. The van der Waals surface area contributed by atoms with E-state index in [1.54, 1.807) is 0 Å². The SMILES string of the molecule is CC(C)(F)C(=O)NC1CC=CC1. The van der Waals surface area contributed by atoms with Crippen LogP contribution in [0.5, 0.6) is 0 Å². The number of carbonyl (C=O) groups is 1. The number of hydrogen-bond donors (Lipinski definition) is 1. The van der Waals surface area contributed by atoms with Gasteiger partial charge in [0.2, 0.25) is 0 Å². The van der Waals surface area contributed by atoms with E-state index in [0.29, 0.717) is 0 Å².